The van der Waals surface area contributed by atoms with E-state index in [0.29, 0.717) is 11.2 Å². The molecule has 5 heteroatoms. The van der Waals surface area contributed by atoms with E-state index in [1.54, 1.807) is 0 Å². The van der Waals surface area contributed by atoms with Crippen LogP contribution in [-0.4, -0.2) is 27.1 Å². The van der Waals surface area contributed by atoms with Crippen LogP contribution in [0, 0.1) is 0 Å². The molecule has 0 bridgehead atoms. The van der Waals surface area contributed by atoms with Crippen LogP contribution in [0.25, 0.3) is 0 Å². The van der Waals surface area contributed by atoms with E-state index in [2.05, 4.69) is 9.97 Å². The molecule has 0 saturated heterocycles. The van der Waals surface area contributed by atoms with Crippen molar-refractivity contribution in [1.82, 2.24) is 9.97 Å². The molecule has 12 heavy (non-hydrogen) atoms. The zero-order valence-electron chi connectivity index (χ0n) is 6.94. The second kappa shape index (κ2) is 4.18. The molecule has 0 aliphatic heterocycles. The van der Waals surface area contributed by atoms with Gasteiger partial charge >= 0.3 is 7.12 Å². The van der Waals surface area contributed by atoms with E-state index in [4.69, 9.17) is 10.0 Å². The lowest BCUT2D eigenvalue weighted by Gasteiger charge is -2.04. The maximum atomic E-state index is 8.91. The normalized spacial score (nSPS) is 9.92. The largest absolute Gasteiger partial charge is 0.491 e. The standard InChI is InChI=1S/C7H11BN2O2/c1-2-3-7-6(8(11)12)4-9-5-10-7/h4-5,11-12H,2-3H2,1H3. The van der Waals surface area contributed by atoms with Gasteiger partial charge < -0.3 is 10.0 Å². The van der Waals surface area contributed by atoms with Crippen molar-refractivity contribution < 1.29 is 10.0 Å². The van der Waals surface area contributed by atoms with Gasteiger partial charge in [0.25, 0.3) is 0 Å². The molecule has 1 aromatic heterocycles. The maximum Gasteiger partial charge on any atom is 0.491 e. The molecule has 0 atom stereocenters. The molecule has 0 spiro atoms. The molecule has 0 aliphatic rings. The van der Waals surface area contributed by atoms with Crippen molar-refractivity contribution in [1.29, 1.82) is 0 Å². The molecule has 1 heterocycles. The number of aromatic nitrogens is 2. The first-order chi connectivity index (χ1) is 5.75. The monoisotopic (exact) mass is 166 g/mol. The van der Waals surface area contributed by atoms with Gasteiger partial charge in [-0.05, 0) is 6.42 Å². The van der Waals surface area contributed by atoms with Crippen molar-refractivity contribution in [2.75, 3.05) is 0 Å². The quantitative estimate of drug-likeness (QED) is 0.571. The number of nitrogens with zero attached hydrogens (tertiary/aromatic N) is 2. The molecule has 0 amide bonds. The van der Waals surface area contributed by atoms with Gasteiger partial charge in [0, 0.05) is 17.4 Å². The Hall–Kier alpha value is -0.935. The summed E-state index contributed by atoms with van der Waals surface area (Å²) in [7, 11) is -1.47. The lowest BCUT2D eigenvalue weighted by Crippen LogP contribution is -2.34. The number of rotatable bonds is 3. The minimum absolute atomic E-state index is 0.402. The maximum absolute atomic E-state index is 8.91. The molecule has 64 valence electrons. The van der Waals surface area contributed by atoms with Gasteiger partial charge in [-0.2, -0.15) is 0 Å². The molecule has 2 N–H and O–H groups in total. The molecule has 0 radical (unpaired) electrons. The van der Waals surface area contributed by atoms with Crippen molar-refractivity contribution in [2.45, 2.75) is 19.8 Å². The fraction of sp³-hybridized carbons (Fsp3) is 0.429. The zero-order valence-corrected chi connectivity index (χ0v) is 6.94. The second-order valence-electron chi connectivity index (χ2n) is 2.55. The summed E-state index contributed by atoms with van der Waals surface area (Å²) in [4.78, 5) is 7.68. The van der Waals surface area contributed by atoms with Crippen LogP contribution in [0.5, 0.6) is 0 Å². The third-order valence-electron chi connectivity index (χ3n) is 1.59. The molecular weight excluding hydrogens is 155 g/mol. The summed E-state index contributed by atoms with van der Waals surface area (Å²) in [6.45, 7) is 2.01. The number of aryl methyl sites for hydroxylation is 1. The van der Waals surface area contributed by atoms with Gasteiger partial charge in [-0.25, -0.2) is 9.97 Å². The van der Waals surface area contributed by atoms with Gasteiger partial charge in [-0.15, -0.1) is 0 Å². The Kier molecular flexibility index (Phi) is 3.19. The van der Waals surface area contributed by atoms with Crippen LogP contribution in [0.2, 0.25) is 0 Å². The Balaban J connectivity index is 2.92. The molecule has 1 rings (SSSR count). The lowest BCUT2D eigenvalue weighted by atomic mass is 9.79. The highest BCUT2D eigenvalue weighted by molar-refractivity contribution is 6.58. The summed E-state index contributed by atoms with van der Waals surface area (Å²) in [6, 6.07) is 0. The van der Waals surface area contributed by atoms with Crippen molar-refractivity contribution in [2.24, 2.45) is 0 Å². The fourth-order valence-corrected chi connectivity index (χ4v) is 1.03. The summed E-state index contributed by atoms with van der Waals surface area (Å²) in [5.41, 5.74) is 1.11. The smallest absolute Gasteiger partial charge is 0.423 e. The van der Waals surface area contributed by atoms with Gasteiger partial charge in [-0.1, -0.05) is 13.3 Å². The minimum atomic E-state index is -1.47. The van der Waals surface area contributed by atoms with E-state index >= 15 is 0 Å². The minimum Gasteiger partial charge on any atom is -0.423 e. The van der Waals surface area contributed by atoms with Crippen molar-refractivity contribution >= 4 is 12.6 Å². The van der Waals surface area contributed by atoms with E-state index in [0.717, 1.165) is 12.8 Å². The Bertz CT molecular complexity index is 255. The van der Waals surface area contributed by atoms with E-state index in [1.165, 1.54) is 12.5 Å². The van der Waals surface area contributed by atoms with Crippen LogP contribution in [-0.2, 0) is 6.42 Å². The summed E-state index contributed by atoms with van der Waals surface area (Å²) in [6.07, 6.45) is 4.52. The van der Waals surface area contributed by atoms with Gasteiger partial charge in [0.05, 0.1) is 0 Å². The highest BCUT2D eigenvalue weighted by Crippen LogP contribution is 1.94. The first kappa shape index (κ1) is 9.16. The molecular formula is C7H11BN2O2. The first-order valence-corrected chi connectivity index (χ1v) is 3.90. The average Bonchev–Trinajstić information content (AvgIpc) is 2.05. The Morgan fingerprint density at radius 1 is 1.50 bits per heavy atom. The van der Waals surface area contributed by atoms with Gasteiger partial charge in [0.1, 0.15) is 6.33 Å². The molecule has 1 aromatic rings. The molecule has 0 aromatic carbocycles. The summed E-state index contributed by atoms with van der Waals surface area (Å²) >= 11 is 0. The molecule has 0 unspecified atom stereocenters. The van der Waals surface area contributed by atoms with Crippen molar-refractivity contribution in [3.8, 4) is 0 Å². The van der Waals surface area contributed by atoms with Crippen LogP contribution in [0.4, 0.5) is 0 Å². The first-order valence-electron chi connectivity index (χ1n) is 3.90. The van der Waals surface area contributed by atoms with E-state index in [9.17, 15) is 0 Å². The van der Waals surface area contributed by atoms with Crippen LogP contribution in [0.15, 0.2) is 12.5 Å². The predicted octanol–water partition coefficient (Wildman–Crippen LogP) is -0.891. The Labute approximate surface area is 71.4 Å². The molecule has 0 saturated carbocycles. The van der Waals surface area contributed by atoms with E-state index in [-0.39, 0.29) is 0 Å². The Morgan fingerprint density at radius 3 is 2.83 bits per heavy atom. The summed E-state index contributed by atoms with van der Waals surface area (Å²) < 4.78 is 0. The second-order valence-corrected chi connectivity index (χ2v) is 2.55. The van der Waals surface area contributed by atoms with Crippen molar-refractivity contribution in [3.05, 3.63) is 18.2 Å². The third-order valence-corrected chi connectivity index (χ3v) is 1.59. The topological polar surface area (TPSA) is 66.2 Å². The van der Waals surface area contributed by atoms with Crippen LogP contribution in [0.3, 0.4) is 0 Å². The van der Waals surface area contributed by atoms with E-state index in [1.807, 2.05) is 6.92 Å². The van der Waals surface area contributed by atoms with Crippen LogP contribution >= 0.6 is 0 Å². The number of hydrogen-bond donors (Lipinski definition) is 2. The predicted molar refractivity (Wildman–Crippen MR) is 45.9 cm³/mol. The molecule has 0 fully saturated rings. The van der Waals surface area contributed by atoms with Gasteiger partial charge in [0.15, 0.2) is 0 Å². The highest BCUT2D eigenvalue weighted by Gasteiger charge is 2.15. The summed E-state index contributed by atoms with van der Waals surface area (Å²) in [5.74, 6) is 0. The molecule has 4 nitrogen and oxygen atoms in total. The van der Waals surface area contributed by atoms with Crippen LogP contribution in [0.1, 0.15) is 19.0 Å². The fourth-order valence-electron chi connectivity index (χ4n) is 1.03. The SMILES string of the molecule is CCCc1ncncc1B(O)O. The Morgan fingerprint density at radius 2 is 2.25 bits per heavy atom. The lowest BCUT2D eigenvalue weighted by molar-refractivity contribution is 0.425. The number of hydrogen-bond acceptors (Lipinski definition) is 4. The zero-order chi connectivity index (χ0) is 8.97. The van der Waals surface area contributed by atoms with Crippen molar-refractivity contribution in [3.63, 3.8) is 0 Å². The van der Waals surface area contributed by atoms with Gasteiger partial charge in [-0.3, -0.25) is 0 Å². The highest BCUT2D eigenvalue weighted by atomic mass is 16.4. The van der Waals surface area contributed by atoms with Gasteiger partial charge in [0.2, 0.25) is 0 Å². The summed E-state index contributed by atoms with van der Waals surface area (Å²) in [5, 5.41) is 17.8. The van der Waals surface area contributed by atoms with E-state index < -0.39 is 7.12 Å². The molecule has 0 aliphatic carbocycles. The van der Waals surface area contributed by atoms with Crippen LogP contribution < -0.4 is 5.46 Å². The third kappa shape index (κ3) is 2.02. The average molecular weight is 166 g/mol.